The molecule has 1 aromatic heterocycles. The number of amides is 2. The summed E-state index contributed by atoms with van der Waals surface area (Å²) in [6.07, 6.45) is 0.444. The molecular formula is C27H26FN5O4. The number of nitrogens with one attached hydrogen (secondary N) is 3. The van der Waals surface area contributed by atoms with Crippen LogP contribution in [0.3, 0.4) is 0 Å². The molecule has 4 N–H and O–H groups in total. The molecule has 3 rings (SSSR count). The van der Waals surface area contributed by atoms with Crippen molar-refractivity contribution in [3.05, 3.63) is 83.2 Å². The average molecular weight is 504 g/mol. The monoisotopic (exact) mass is 503 g/mol. The molecule has 10 heteroatoms. The molecule has 0 radical (unpaired) electrons. The highest BCUT2D eigenvalue weighted by molar-refractivity contribution is 5.99. The van der Waals surface area contributed by atoms with Crippen LogP contribution in [0.5, 0.6) is 0 Å². The van der Waals surface area contributed by atoms with E-state index < -0.39 is 23.3 Å². The van der Waals surface area contributed by atoms with E-state index in [1.165, 1.54) is 32.0 Å². The quantitative estimate of drug-likeness (QED) is 0.333. The zero-order chi connectivity index (χ0) is 27.0. The van der Waals surface area contributed by atoms with Crippen LogP contribution >= 0.6 is 0 Å². The van der Waals surface area contributed by atoms with Gasteiger partial charge in [0.25, 0.3) is 5.91 Å². The molecule has 9 nitrogen and oxygen atoms in total. The molecule has 3 aromatic rings. The number of nitrogens with zero attached hydrogens (tertiary/aromatic N) is 2. The number of pyridine rings is 1. The van der Waals surface area contributed by atoms with Gasteiger partial charge < -0.3 is 21.1 Å². The van der Waals surface area contributed by atoms with Gasteiger partial charge in [-0.25, -0.2) is 14.2 Å². The smallest absolute Gasteiger partial charge is 0.330 e. The maximum Gasteiger partial charge on any atom is 0.330 e. The van der Waals surface area contributed by atoms with E-state index in [-0.39, 0.29) is 23.7 Å². The molecule has 2 amide bonds. The van der Waals surface area contributed by atoms with Crippen LogP contribution in [0.25, 0.3) is 11.3 Å². The lowest BCUT2D eigenvalue weighted by Crippen LogP contribution is -2.58. The van der Waals surface area contributed by atoms with Crippen molar-refractivity contribution in [3.63, 3.8) is 0 Å². The molecule has 0 saturated carbocycles. The minimum Gasteiger partial charge on any atom is -0.479 e. The van der Waals surface area contributed by atoms with Crippen LogP contribution in [0.4, 0.5) is 10.2 Å². The fourth-order valence-electron chi connectivity index (χ4n) is 3.66. The number of nitriles is 1. The first-order valence-corrected chi connectivity index (χ1v) is 11.4. The number of aliphatic carboxylic acids is 1. The predicted molar refractivity (Wildman–Crippen MR) is 135 cm³/mol. The maximum atomic E-state index is 13.5. The standard InChI is InChI=1S/C27H26FN5O4/c1-17(34)33-27(2,26(36)37)16-31-25(35)22-10-11-23(21-9-4-3-7-19(21)15-29)32-24(22)30-13-12-18-6-5-8-20(28)14-18/h3-11,14H,12-13,16H2,1-2H3,(H,30,32)(H,31,35)(H,33,34)(H,36,37)/t27-/m0/s1. The molecular weight excluding hydrogens is 477 g/mol. The molecule has 0 aliphatic heterocycles. The Morgan fingerprint density at radius 2 is 1.86 bits per heavy atom. The van der Waals surface area contributed by atoms with Gasteiger partial charge in [-0.2, -0.15) is 5.26 Å². The first-order valence-electron chi connectivity index (χ1n) is 11.4. The van der Waals surface area contributed by atoms with Crippen molar-refractivity contribution in [1.82, 2.24) is 15.6 Å². The number of carbonyl (C=O) groups excluding carboxylic acids is 2. The zero-order valence-corrected chi connectivity index (χ0v) is 20.3. The molecule has 0 saturated heterocycles. The highest BCUT2D eigenvalue weighted by atomic mass is 19.1. The summed E-state index contributed by atoms with van der Waals surface area (Å²) in [6.45, 7) is 2.42. The van der Waals surface area contributed by atoms with E-state index in [1.807, 2.05) is 0 Å². The fraction of sp³-hybridized carbons (Fsp3) is 0.222. The van der Waals surface area contributed by atoms with Crippen molar-refractivity contribution < 1.29 is 23.9 Å². The summed E-state index contributed by atoms with van der Waals surface area (Å²) in [5.41, 5.74) is 0.603. The van der Waals surface area contributed by atoms with Gasteiger partial charge in [-0.1, -0.05) is 30.3 Å². The van der Waals surface area contributed by atoms with Crippen LogP contribution in [0.1, 0.15) is 35.3 Å². The number of hydrogen-bond donors (Lipinski definition) is 4. The second-order valence-electron chi connectivity index (χ2n) is 8.56. The van der Waals surface area contributed by atoms with E-state index in [4.69, 9.17) is 0 Å². The third-order valence-corrected chi connectivity index (χ3v) is 5.58. The van der Waals surface area contributed by atoms with Crippen LogP contribution in [0.2, 0.25) is 0 Å². The van der Waals surface area contributed by atoms with Crippen LogP contribution in [-0.2, 0) is 16.0 Å². The molecule has 0 spiro atoms. The highest BCUT2D eigenvalue weighted by Gasteiger charge is 2.34. The first-order chi connectivity index (χ1) is 17.6. The molecule has 2 aromatic carbocycles. The Bertz CT molecular complexity index is 1370. The molecule has 0 aliphatic carbocycles. The minimum absolute atomic E-state index is 0.132. The Balaban J connectivity index is 1.89. The summed E-state index contributed by atoms with van der Waals surface area (Å²) in [5, 5.41) is 27.0. The van der Waals surface area contributed by atoms with Crippen molar-refractivity contribution in [1.29, 1.82) is 5.26 Å². The molecule has 1 heterocycles. The summed E-state index contributed by atoms with van der Waals surface area (Å²) in [4.78, 5) is 40.8. The minimum atomic E-state index is -1.72. The van der Waals surface area contributed by atoms with Gasteiger partial charge in [0.1, 0.15) is 11.6 Å². The van der Waals surface area contributed by atoms with Crippen molar-refractivity contribution in [3.8, 4) is 17.3 Å². The summed E-state index contributed by atoms with van der Waals surface area (Å²) < 4.78 is 13.5. The molecule has 190 valence electrons. The molecule has 37 heavy (non-hydrogen) atoms. The molecule has 1 atom stereocenters. The van der Waals surface area contributed by atoms with E-state index >= 15 is 0 Å². The normalized spacial score (nSPS) is 12.1. The van der Waals surface area contributed by atoms with Gasteiger partial charge >= 0.3 is 5.97 Å². The number of carboxylic acids is 1. The number of aromatic nitrogens is 1. The Morgan fingerprint density at radius 3 is 2.54 bits per heavy atom. The molecule has 0 aliphatic rings. The number of carboxylic acid groups (broad SMARTS) is 1. The largest absolute Gasteiger partial charge is 0.479 e. The highest BCUT2D eigenvalue weighted by Crippen LogP contribution is 2.25. The second-order valence-corrected chi connectivity index (χ2v) is 8.56. The molecule has 0 bridgehead atoms. The number of halogens is 1. The third-order valence-electron chi connectivity index (χ3n) is 5.58. The van der Waals surface area contributed by atoms with Gasteiger partial charge in [0.15, 0.2) is 5.54 Å². The van der Waals surface area contributed by atoms with Gasteiger partial charge in [0.05, 0.1) is 29.4 Å². The number of anilines is 1. The van der Waals surface area contributed by atoms with Crippen molar-refractivity contribution >= 4 is 23.6 Å². The van der Waals surface area contributed by atoms with E-state index in [2.05, 4.69) is 27.0 Å². The van der Waals surface area contributed by atoms with E-state index in [9.17, 15) is 29.1 Å². The van der Waals surface area contributed by atoms with Gasteiger partial charge in [0, 0.05) is 19.0 Å². The molecule has 0 fully saturated rings. The summed E-state index contributed by atoms with van der Waals surface area (Å²) >= 11 is 0. The van der Waals surface area contributed by atoms with Gasteiger partial charge in [-0.3, -0.25) is 9.59 Å². The van der Waals surface area contributed by atoms with Gasteiger partial charge in [0.2, 0.25) is 5.91 Å². The predicted octanol–water partition coefficient (Wildman–Crippen LogP) is 3.12. The Morgan fingerprint density at radius 1 is 1.11 bits per heavy atom. The lowest BCUT2D eigenvalue weighted by Gasteiger charge is -2.26. The van der Waals surface area contributed by atoms with Crippen molar-refractivity contribution in [2.75, 3.05) is 18.4 Å². The summed E-state index contributed by atoms with van der Waals surface area (Å²) in [6, 6.07) is 18.3. The Labute approximate surface area is 213 Å². The topological polar surface area (TPSA) is 144 Å². The fourth-order valence-corrected chi connectivity index (χ4v) is 3.66. The SMILES string of the molecule is CC(=O)N[C@@](C)(CNC(=O)c1ccc(-c2ccccc2C#N)nc1NCCc1cccc(F)c1)C(=O)O. The summed E-state index contributed by atoms with van der Waals surface area (Å²) in [5.74, 6) is -2.63. The van der Waals surface area contributed by atoms with Crippen LogP contribution in [-0.4, -0.2) is 46.5 Å². The molecule has 0 unspecified atom stereocenters. The zero-order valence-electron chi connectivity index (χ0n) is 20.3. The second kappa shape index (κ2) is 11.8. The van der Waals surface area contributed by atoms with Crippen molar-refractivity contribution in [2.24, 2.45) is 0 Å². The lowest BCUT2D eigenvalue weighted by atomic mass is 10.0. The third kappa shape index (κ3) is 6.89. The number of benzene rings is 2. The average Bonchev–Trinajstić information content (AvgIpc) is 2.87. The maximum absolute atomic E-state index is 13.5. The van der Waals surface area contributed by atoms with E-state index in [0.29, 0.717) is 29.8 Å². The number of rotatable bonds is 10. The van der Waals surface area contributed by atoms with Crippen LogP contribution in [0, 0.1) is 17.1 Å². The van der Waals surface area contributed by atoms with E-state index in [0.717, 1.165) is 5.56 Å². The van der Waals surface area contributed by atoms with E-state index in [1.54, 1.807) is 42.5 Å². The number of hydrogen-bond acceptors (Lipinski definition) is 6. The summed E-state index contributed by atoms with van der Waals surface area (Å²) in [7, 11) is 0. The first kappa shape index (κ1) is 26.8. The Kier molecular flexibility index (Phi) is 8.53. The lowest BCUT2D eigenvalue weighted by molar-refractivity contribution is -0.146. The number of carbonyl (C=O) groups is 3. The van der Waals surface area contributed by atoms with Crippen LogP contribution < -0.4 is 16.0 Å². The van der Waals surface area contributed by atoms with Gasteiger partial charge in [-0.05, 0) is 49.2 Å². The van der Waals surface area contributed by atoms with Crippen LogP contribution in [0.15, 0.2) is 60.7 Å². The Hall–Kier alpha value is -4.78. The van der Waals surface area contributed by atoms with Gasteiger partial charge in [-0.15, -0.1) is 0 Å². The van der Waals surface area contributed by atoms with Crippen molar-refractivity contribution in [2.45, 2.75) is 25.8 Å².